The normalized spacial score (nSPS) is 12.4. The summed E-state index contributed by atoms with van der Waals surface area (Å²) in [6.45, 7) is 3.71. The van der Waals surface area contributed by atoms with Gasteiger partial charge in [-0.1, -0.05) is 18.7 Å². The summed E-state index contributed by atoms with van der Waals surface area (Å²) >= 11 is 7.03. The van der Waals surface area contributed by atoms with Crippen LogP contribution in [0, 0.1) is 17.0 Å². The summed E-state index contributed by atoms with van der Waals surface area (Å²) in [4.78, 5) is 14.6. The lowest BCUT2D eigenvalue weighted by atomic mass is 10.3. The minimum atomic E-state index is -0.377. The number of hydrogen-bond donors (Lipinski definition) is 0. The zero-order valence-corrected chi connectivity index (χ0v) is 10.7. The average molecular weight is 261 g/mol. The van der Waals surface area contributed by atoms with Gasteiger partial charge in [0.2, 0.25) is 0 Å². The van der Waals surface area contributed by atoms with E-state index in [9.17, 15) is 10.1 Å². The van der Waals surface area contributed by atoms with E-state index in [0.29, 0.717) is 16.5 Å². The monoisotopic (exact) mass is 260 g/mol. The van der Waals surface area contributed by atoms with Gasteiger partial charge < -0.3 is 0 Å². The van der Waals surface area contributed by atoms with Crippen molar-refractivity contribution in [2.45, 2.75) is 30.5 Å². The highest BCUT2D eigenvalue weighted by molar-refractivity contribution is 8.00. The second kappa shape index (κ2) is 6.06. The highest BCUT2D eigenvalue weighted by Crippen LogP contribution is 2.33. The maximum absolute atomic E-state index is 10.9. The molecule has 1 aromatic rings. The lowest BCUT2D eigenvalue weighted by molar-refractivity contribution is -0.388. The molecule has 0 saturated heterocycles. The number of aryl methyl sites for hydroxylation is 1. The van der Waals surface area contributed by atoms with E-state index in [1.54, 1.807) is 19.2 Å². The van der Waals surface area contributed by atoms with Crippen LogP contribution in [0.25, 0.3) is 0 Å². The molecule has 88 valence electrons. The lowest BCUT2D eigenvalue weighted by Crippen LogP contribution is -2.01. The maximum Gasteiger partial charge on any atom is 0.304 e. The highest BCUT2D eigenvalue weighted by Gasteiger charge is 2.20. The predicted molar refractivity (Wildman–Crippen MR) is 66.3 cm³/mol. The Bertz CT molecular complexity index is 387. The van der Waals surface area contributed by atoms with Gasteiger partial charge in [-0.2, -0.15) is 0 Å². The Morgan fingerprint density at radius 1 is 1.69 bits per heavy atom. The van der Waals surface area contributed by atoms with E-state index in [-0.39, 0.29) is 15.9 Å². The summed E-state index contributed by atoms with van der Waals surface area (Å²) in [7, 11) is 0. The van der Waals surface area contributed by atoms with Crippen LogP contribution in [-0.4, -0.2) is 21.0 Å². The van der Waals surface area contributed by atoms with Gasteiger partial charge in [0.05, 0.1) is 4.92 Å². The molecule has 16 heavy (non-hydrogen) atoms. The second-order valence-corrected chi connectivity index (χ2v) is 5.25. The van der Waals surface area contributed by atoms with Gasteiger partial charge in [0.15, 0.2) is 5.03 Å². The quantitative estimate of drug-likeness (QED) is 0.352. The van der Waals surface area contributed by atoms with Crippen LogP contribution < -0.4 is 0 Å². The zero-order valence-electron chi connectivity index (χ0n) is 9.14. The Morgan fingerprint density at radius 2 is 2.38 bits per heavy atom. The first-order valence-corrected chi connectivity index (χ1v) is 6.30. The first-order valence-electron chi connectivity index (χ1n) is 4.89. The van der Waals surface area contributed by atoms with Crippen LogP contribution in [-0.2, 0) is 0 Å². The highest BCUT2D eigenvalue weighted by atomic mass is 35.5. The Kier molecular flexibility index (Phi) is 5.02. The molecule has 0 saturated carbocycles. The molecular formula is C10H13ClN2O2S. The van der Waals surface area contributed by atoms with Gasteiger partial charge in [-0.25, -0.2) is 4.98 Å². The van der Waals surface area contributed by atoms with Gasteiger partial charge >= 0.3 is 5.69 Å². The third kappa shape index (κ3) is 3.35. The molecule has 4 nitrogen and oxygen atoms in total. The van der Waals surface area contributed by atoms with Crippen LogP contribution in [0.4, 0.5) is 5.69 Å². The molecule has 0 spiro atoms. The molecular weight excluding hydrogens is 248 g/mol. The van der Waals surface area contributed by atoms with Crippen molar-refractivity contribution in [3.63, 3.8) is 0 Å². The van der Waals surface area contributed by atoms with E-state index in [0.717, 1.165) is 6.42 Å². The minimum Gasteiger partial charge on any atom is -0.258 e. The van der Waals surface area contributed by atoms with E-state index in [4.69, 9.17) is 11.6 Å². The fourth-order valence-electron chi connectivity index (χ4n) is 1.24. The number of alkyl halides is 1. The molecule has 0 bridgehead atoms. The minimum absolute atomic E-state index is 0.105. The third-order valence-electron chi connectivity index (χ3n) is 2.10. The standard InChI is InChI=1S/C10H13ClN2O2S/c1-7-4-6-12-10(9(7)13(14)15)16-8(2)3-5-11/h4,6,8H,3,5H2,1-2H3. The Balaban J connectivity index is 2.95. The molecule has 0 aliphatic heterocycles. The second-order valence-electron chi connectivity index (χ2n) is 3.44. The van der Waals surface area contributed by atoms with Crippen molar-refractivity contribution >= 4 is 29.1 Å². The van der Waals surface area contributed by atoms with Crippen molar-refractivity contribution in [2.75, 3.05) is 5.88 Å². The smallest absolute Gasteiger partial charge is 0.258 e. The van der Waals surface area contributed by atoms with Crippen LogP contribution in [0.5, 0.6) is 0 Å². The average Bonchev–Trinajstić information content (AvgIpc) is 2.17. The summed E-state index contributed by atoms with van der Waals surface area (Å²) in [5, 5.41) is 11.6. The number of hydrogen-bond acceptors (Lipinski definition) is 4. The van der Waals surface area contributed by atoms with Crippen molar-refractivity contribution in [2.24, 2.45) is 0 Å². The summed E-state index contributed by atoms with van der Waals surface area (Å²) in [6, 6.07) is 1.65. The number of halogens is 1. The number of nitrogens with zero attached hydrogens (tertiary/aromatic N) is 2. The van der Waals surface area contributed by atoms with Crippen molar-refractivity contribution in [3.8, 4) is 0 Å². The maximum atomic E-state index is 10.9. The Morgan fingerprint density at radius 3 is 2.94 bits per heavy atom. The van der Waals surface area contributed by atoms with E-state index in [1.807, 2.05) is 6.92 Å². The van der Waals surface area contributed by atoms with Crippen LogP contribution in [0.15, 0.2) is 17.3 Å². The molecule has 0 fully saturated rings. The molecule has 0 aliphatic carbocycles. The molecule has 0 aromatic carbocycles. The van der Waals surface area contributed by atoms with Gasteiger partial charge in [-0.15, -0.1) is 11.6 Å². The van der Waals surface area contributed by atoms with Gasteiger partial charge in [-0.05, 0) is 19.4 Å². The molecule has 0 amide bonds. The third-order valence-corrected chi connectivity index (χ3v) is 3.48. The number of aromatic nitrogens is 1. The van der Waals surface area contributed by atoms with Crippen molar-refractivity contribution in [1.82, 2.24) is 4.98 Å². The Hall–Kier alpha value is -0.810. The predicted octanol–water partition coefficient (Wildman–Crippen LogP) is 3.41. The molecule has 1 atom stereocenters. The van der Waals surface area contributed by atoms with Crippen molar-refractivity contribution < 1.29 is 4.92 Å². The van der Waals surface area contributed by atoms with Gasteiger partial charge in [0, 0.05) is 22.9 Å². The first-order chi connectivity index (χ1) is 7.56. The van der Waals surface area contributed by atoms with Crippen molar-refractivity contribution in [3.05, 3.63) is 27.9 Å². The summed E-state index contributed by atoms with van der Waals surface area (Å²) in [6.07, 6.45) is 2.40. The summed E-state index contributed by atoms with van der Waals surface area (Å²) < 4.78 is 0. The van der Waals surface area contributed by atoms with Crippen LogP contribution >= 0.6 is 23.4 Å². The fraction of sp³-hybridized carbons (Fsp3) is 0.500. The molecule has 0 aliphatic rings. The molecule has 6 heteroatoms. The SMILES string of the molecule is Cc1ccnc(SC(C)CCCl)c1[N+](=O)[O-]. The fourth-order valence-corrected chi connectivity index (χ4v) is 2.78. The van der Waals surface area contributed by atoms with E-state index in [2.05, 4.69) is 4.98 Å². The summed E-state index contributed by atoms with van der Waals surface area (Å²) in [5.74, 6) is 0.549. The van der Waals surface area contributed by atoms with Crippen LogP contribution in [0.2, 0.25) is 0 Å². The van der Waals surface area contributed by atoms with Crippen molar-refractivity contribution in [1.29, 1.82) is 0 Å². The van der Waals surface area contributed by atoms with Crippen LogP contribution in [0.1, 0.15) is 18.9 Å². The molecule has 1 heterocycles. The summed E-state index contributed by atoms with van der Waals surface area (Å²) in [5.41, 5.74) is 0.745. The lowest BCUT2D eigenvalue weighted by Gasteiger charge is -2.09. The molecule has 1 rings (SSSR count). The number of rotatable bonds is 5. The molecule has 0 radical (unpaired) electrons. The molecule has 0 N–H and O–H groups in total. The molecule has 1 unspecified atom stereocenters. The zero-order chi connectivity index (χ0) is 12.1. The number of pyridine rings is 1. The largest absolute Gasteiger partial charge is 0.304 e. The van der Waals surface area contributed by atoms with E-state index >= 15 is 0 Å². The topological polar surface area (TPSA) is 56.0 Å². The van der Waals surface area contributed by atoms with E-state index in [1.165, 1.54) is 11.8 Å². The van der Waals surface area contributed by atoms with E-state index < -0.39 is 0 Å². The first kappa shape index (κ1) is 13.3. The number of thioether (sulfide) groups is 1. The molecule has 1 aromatic heterocycles. The number of nitro groups is 1. The van der Waals surface area contributed by atoms with Crippen LogP contribution in [0.3, 0.4) is 0 Å². The van der Waals surface area contributed by atoms with Gasteiger partial charge in [0.1, 0.15) is 0 Å². The Labute approximate surface area is 104 Å². The van der Waals surface area contributed by atoms with Gasteiger partial charge in [-0.3, -0.25) is 10.1 Å². The van der Waals surface area contributed by atoms with Gasteiger partial charge in [0.25, 0.3) is 0 Å².